The molecule has 40 heavy (non-hydrogen) atoms. The molecule has 0 fully saturated rings. The Bertz CT molecular complexity index is 1440. The van der Waals surface area contributed by atoms with Crippen LogP contribution in [0.15, 0.2) is 78.9 Å². The predicted molar refractivity (Wildman–Crippen MR) is 155 cm³/mol. The first kappa shape index (κ1) is 28.0. The topological polar surface area (TPSA) is 107 Å². The van der Waals surface area contributed by atoms with Crippen LogP contribution >= 0.6 is 0 Å². The molecule has 4 rings (SSSR count). The van der Waals surface area contributed by atoms with E-state index < -0.39 is 6.03 Å². The zero-order valence-electron chi connectivity index (χ0n) is 23.0. The lowest BCUT2D eigenvalue weighted by molar-refractivity contribution is -0.116. The second-order valence-corrected chi connectivity index (χ2v) is 8.86. The number of benzene rings is 3. The number of hydrogen-bond donors (Lipinski definition) is 2. The lowest BCUT2D eigenvalue weighted by Gasteiger charge is -2.23. The Kier molecular flexibility index (Phi) is 9.24. The number of urea groups is 1. The van der Waals surface area contributed by atoms with Crippen LogP contribution in [0.25, 0.3) is 16.9 Å². The van der Waals surface area contributed by atoms with Gasteiger partial charge in [0.25, 0.3) is 0 Å². The maximum atomic E-state index is 13.3. The Hall–Kier alpha value is -4.99. The first-order valence-corrected chi connectivity index (χ1v) is 12.8. The van der Waals surface area contributed by atoms with E-state index in [4.69, 9.17) is 19.3 Å². The van der Waals surface area contributed by atoms with Crippen LogP contribution in [0.1, 0.15) is 13.3 Å². The third-order valence-electron chi connectivity index (χ3n) is 6.13. The van der Waals surface area contributed by atoms with Gasteiger partial charge in [0.15, 0.2) is 0 Å². The van der Waals surface area contributed by atoms with E-state index >= 15 is 0 Å². The van der Waals surface area contributed by atoms with Gasteiger partial charge in [0, 0.05) is 24.2 Å². The quantitative estimate of drug-likeness (QED) is 0.261. The highest BCUT2D eigenvalue weighted by Crippen LogP contribution is 2.29. The molecular weight excluding hydrogens is 510 g/mol. The first-order valence-electron chi connectivity index (χ1n) is 12.8. The predicted octanol–water partition coefficient (Wildman–Crippen LogP) is 5.45. The van der Waals surface area contributed by atoms with Gasteiger partial charge in [-0.2, -0.15) is 5.10 Å². The Labute approximate surface area is 233 Å². The molecule has 0 radical (unpaired) electrons. The number of carbonyl (C=O) groups excluding carboxylic acids is 2. The van der Waals surface area contributed by atoms with Crippen molar-refractivity contribution in [2.75, 3.05) is 45.1 Å². The van der Waals surface area contributed by atoms with E-state index in [0.717, 1.165) is 11.3 Å². The van der Waals surface area contributed by atoms with Crippen molar-refractivity contribution >= 4 is 23.4 Å². The second kappa shape index (κ2) is 13.2. The third-order valence-corrected chi connectivity index (χ3v) is 6.13. The number of carbonyl (C=O) groups is 2. The largest absolute Gasteiger partial charge is 0.497 e. The van der Waals surface area contributed by atoms with E-state index in [1.807, 2.05) is 67.6 Å². The van der Waals surface area contributed by atoms with Crippen LogP contribution < -0.4 is 24.8 Å². The molecule has 0 aliphatic heterocycles. The Morgan fingerprint density at radius 2 is 1.55 bits per heavy atom. The molecule has 0 spiro atoms. The summed E-state index contributed by atoms with van der Waals surface area (Å²) in [5.74, 6) is 1.87. The van der Waals surface area contributed by atoms with Gasteiger partial charge in [0.05, 0.1) is 38.4 Å². The molecule has 1 aromatic heterocycles. The summed E-state index contributed by atoms with van der Waals surface area (Å²) in [6.07, 6.45) is 0.669. The van der Waals surface area contributed by atoms with Crippen molar-refractivity contribution in [2.24, 2.45) is 0 Å². The smallest absolute Gasteiger partial charge is 0.322 e. The molecule has 10 heteroatoms. The van der Waals surface area contributed by atoms with Crippen LogP contribution in [0.2, 0.25) is 0 Å². The number of methoxy groups -OCH3 is 3. The van der Waals surface area contributed by atoms with Crippen molar-refractivity contribution in [1.82, 2.24) is 14.7 Å². The molecule has 3 aromatic carbocycles. The molecule has 4 aromatic rings. The lowest BCUT2D eigenvalue weighted by atomic mass is 10.1. The number of nitrogens with zero attached hydrogens (tertiary/aromatic N) is 3. The van der Waals surface area contributed by atoms with Crippen LogP contribution in [-0.2, 0) is 4.79 Å². The van der Waals surface area contributed by atoms with Gasteiger partial charge in [-0.05, 0) is 42.8 Å². The number of hydrogen-bond acceptors (Lipinski definition) is 6. The summed E-state index contributed by atoms with van der Waals surface area (Å²) in [4.78, 5) is 27.9. The van der Waals surface area contributed by atoms with E-state index in [1.54, 1.807) is 37.1 Å². The van der Waals surface area contributed by atoms with Crippen molar-refractivity contribution in [3.05, 3.63) is 78.9 Å². The molecule has 0 aliphatic rings. The highest BCUT2D eigenvalue weighted by Gasteiger charge is 2.20. The Balaban J connectivity index is 1.55. The van der Waals surface area contributed by atoms with Crippen LogP contribution in [0, 0.1) is 0 Å². The average Bonchev–Trinajstić information content (AvgIpc) is 3.41. The summed E-state index contributed by atoms with van der Waals surface area (Å²) >= 11 is 0. The number of anilines is 2. The first-order chi connectivity index (χ1) is 19.4. The molecule has 208 valence electrons. The molecule has 2 N–H and O–H groups in total. The van der Waals surface area contributed by atoms with Gasteiger partial charge in [-0.1, -0.05) is 37.3 Å². The van der Waals surface area contributed by atoms with Gasteiger partial charge in [0.2, 0.25) is 5.91 Å². The van der Waals surface area contributed by atoms with E-state index in [1.165, 1.54) is 12.0 Å². The molecule has 0 atom stereocenters. The molecule has 0 bridgehead atoms. The van der Waals surface area contributed by atoms with E-state index in [9.17, 15) is 9.59 Å². The number of aromatic nitrogens is 2. The highest BCUT2D eigenvalue weighted by atomic mass is 16.5. The van der Waals surface area contributed by atoms with E-state index in [-0.39, 0.29) is 12.5 Å². The Morgan fingerprint density at radius 1 is 0.850 bits per heavy atom. The minimum absolute atomic E-state index is 0.160. The third kappa shape index (κ3) is 6.71. The van der Waals surface area contributed by atoms with Crippen LogP contribution in [0.3, 0.4) is 0 Å². The number of nitrogens with one attached hydrogen (secondary N) is 2. The maximum absolute atomic E-state index is 13.3. The summed E-state index contributed by atoms with van der Waals surface area (Å²) in [6, 6.07) is 23.5. The maximum Gasteiger partial charge on any atom is 0.322 e. The SMILES string of the molecule is CCCN(CC(=O)Nc1cc(-c2ccccc2)nn1-c1ccc(OC)cc1)C(=O)Nc1ccc(OC)cc1OC. The number of amides is 3. The van der Waals surface area contributed by atoms with Crippen molar-refractivity contribution < 1.29 is 23.8 Å². The molecule has 0 saturated carbocycles. The minimum atomic E-state index is -0.422. The Morgan fingerprint density at radius 3 is 2.20 bits per heavy atom. The van der Waals surface area contributed by atoms with E-state index in [0.29, 0.717) is 47.4 Å². The molecule has 0 unspecified atom stereocenters. The van der Waals surface area contributed by atoms with Gasteiger partial charge in [0.1, 0.15) is 29.6 Å². The monoisotopic (exact) mass is 543 g/mol. The summed E-state index contributed by atoms with van der Waals surface area (Å²) in [5, 5.41) is 10.5. The van der Waals surface area contributed by atoms with Crippen LogP contribution in [-0.4, -0.2) is 61.0 Å². The van der Waals surface area contributed by atoms with Gasteiger partial charge >= 0.3 is 6.03 Å². The summed E-state index contributed by atoms with van der Waals surface area (Å²) in [6.45, 7) is 2.16. The molecule has 10 nitrogen and oxygen atoms in total. The minimum Gasteiger partial charge on any atom is -0.497 e. The molecular formula is C30H33N5O5. The molecule has 1 heterocycles. The lowest BCUT2D eigenvalue weighted by Crippen LogP contribution is -2.41. The summed E-state index contributed by atoms with van der Waals surface area (Å²) in [7, 11) is 4.67. The van der Waals surface area contributed by atoms with Gasteiger partial charge < -0.3 is 29.7 Å². The second-order valence-electron chi connectivity index (χ2n) is 8.86. The standard InChI is InChI=1S/C30H33N5O5/c1-5-17-34(30(37)31-25-16-15-24(39-3)18-27(25)40-4)20-29(36)32-28-19-26(21-9-7-6-8-10-21)33-35(28)22-11-13-23(38-2)14-12-22/h6-16,18-19H,5,17,20H2,1-4H3,(H,31,37)(H,32,36). The zero-order valence-corrected chi connectivity index (χ0v) is 23.0. The fourth-order valence-corrected chi connectivity index (χ4v) is 4.11. The molecule has 3 amide bonds. The zero-order chi connectivity index (χ0) is 28.5. The highest BCUT2D eigenvalue weighted by molar-refractivity contribution is 5.97. The van der Waals surface area contributed by atoms with Crippen molar-refractivity contribution in [2.45, 2.75) is 13.3 Å². The summed E-state index contributed by atoms with van der Waals surface area (Å²) in [5.41, 5.74) is 2.82. The number of rotatable bonds is 11. The van der Waals surface area contributed by atoms with Gasteiger partial charge in [-0.25, -0.2) is 9.48 Å². The van der Waals surface area contributed by atoms with Gasteiger partial charge in [-0.3, -0.25) is 4.79 Å². The average molecular weight is 544 g/mol. The molecule has 0 saturated heterocycles. The summed E-state index contributed by atoms with van der Waals surface area (Å²) < 4.78 is 17.5. The fraction of sp³-hybridized carbons (Fsp3) is 0.233. The van der Waals surface area contributed by atoms with Crippen LogP contribution in [0.5, 0.6) is 17.2 Å². The van der Waals surface area contributed by atoms with E-state index in [2.05, 4.69) is 10.6 Å². The molecule has 0 aliphatic carbocycles. The van der Waals surface area contributed by atoms with Gasteiger partial charge in [-0.15, -0.1) is 0 Å². The van der Waals surface area contributed by atoms with Crippen molar-refractivity contribution in [3.8, 4) is 34.2 Å². The van der Waals surface area contributed by atoms with Crippen molar-refractivity contribution in [1.29, 1.82) is 0 Å². The normalized spacial score (nSPS) is 10.5. The van der Waals surface area contributed by atoms with Crippen molar-refractivity contribution in [3.63, 3.8) is 0 Å². The fourth-order valence-electron chi connectivity index (χ4n) is 4.11. The number of ether oxygens (including phenoxy) is 3. The van der Waals surface area contributed by atoms with Crippen LogP contribution in [0.4, 0.5) is 16.3 Å².